The highest BCUT2D eigenvalue weighted by Crippen LogP contribution is 2.67. The second-order valence-electron chi connectivity index (χ2n) is 9.90. The molecule has 0 saturated heterocycles. The summed E-state index contributed by atoms with van der Waals surface area (Å²) < 4.78 is 0. The van der Waals surface area contributed by atoms with Crippen molar-refractivity contribution in [2.24, 2.45) is 28.6 Å². The van der Waals surface area contributed by atoms with Crippen LogP contribution in [-0.4, -0.2) is 44.3 Å². The summed E-state index contributed by atoms with van der Waals surface area (Å²) >= 11 is 0. The lowest BCUT2D eigenvalue weighted by molar-refractivity contribution is -0.171. The molecule has 9 atom stereocenters. The van der Waals surface area contributed by atoms with Crippen molar-refractivity contribution in [1.29, 1.82) is 0 Å². The molecule has 142 valence electrons. The van der Waals surface area contributed by atoms with Gasteiger partial charge in [0, 0.05) is 11.8 Å². The fourth-order valence-electron chi connectivity index (χ4n) is 7.44. The Balaban J connectivity index is 1.72. The first-order valence-corrected chi connectivity index (χ1v) is 10.1. The number of aliphatic hydroxyl groups is 4. The molecule has 0 amide bonds. The Hall–Kier alpha value is -0.420. The summed E-state index contributed by atoms with van der Waals surface area (Å²) in [5, 5.41) is 42.5. The SMILES string of the molecule is CC(O)[C@@]1(O)CC(O)[C@H]2[C@@H]3CC=C4CC(O)CC[C@]4(C)[C@H]3CC[C@@]21C. The molecule has 0 aromatic heterocycles. The highest BCUT2D eigenvalue weighted by Gasteiger charge is 2.68. The van der Waals surface area contributed by atoms with Crippen molar-refractivity contribution in [3.8, 4) is 0 Å². The maximum Gasteiger partial charge on any atom is 0.0984 e. The third kappa shape index (κ3) is 2.20. The molecule has 3 unspecified atom stereocenters. The largest absolute Gasteiger partial charge is 0.393 e. The number of rotatable bonds is 1. The summed E-state index contributed by atoms with van der Waals surface area (Å²) in [4.78, 5) is 0. The van der Waals surface area contributed by atoms with E-state index in [1.165, 1.54) is 5.57 Å². The van der Waals surface area contributed by atoms with Crippen molar-refractivity contribution in [3.63, 3.8) is 0 Å². The van der Waals surface area contributed by atoms with E-state index >= 15 is 0 Å². The van der Waals surface area contributed by atoms with E-state index in [2.05, 4.69) is 19.9 Å². The topological polar surface area (TPSA) is 80.9 Å². The minimum atomic E-state index is -1.20. The van der Waals surface area contributed by atoms with Gasteiger partial charge in [0.15, 0.2) is 0 Å². The fraction of sp³-hybridized carbons (Fsp3) is 0.905. The van der Waals surface area contributed by atoms with Crippen LogP contribution >= 0.6 is 0 Å². The van der Waals surface area contributed by atoms with Crippen LogP contribution in [0.1, 0.15) is 65.7 Å². The molecular weight excluding hydrogens is 316 g/mol. The maximum absolute atomic E-state index is 11.3. The van der Waals surface area contributed by atoms with Crippen molar-refractivity contribution in [1.82, 2.24) is 0 Å². The van der Waals surface area contributed by atoms with Crippen molar-refractivity contribution >= 4 is 0 Å². The molecule has 0 aliphatic heterocycles. The maximum atomic E-state index is 11.3. The van der Waals surface area contributed by atoms with Crippen LogP contribution < -0.4 is 0 Å². The van der Waals surface area contributed by atoms with Crippen molar-refractivity contribution in [3.05, 3.63) is 11.6 Å². The summed E-state index contributed by atoms with van der Waals surface area (Å²) in [6, 6.07) is 0. The zero-order chi connectivity index (χ0) is 18.2. The second kappa shape index (κ2) is 5.54. The molecule has 0 aromatic carbocycles. The van der Waals surface area contributed by atoms with Crippen LogP contribution in [0.4, 0.5) is 0 Å². The molecule has 3 fully saturated rings. The highest BCUT2D eigenvalue weighted by molar-refractivity contribution is 5.27. The Kier molecular flexibility index (Phi) is 3.98. The summed E-state index contributed by atoms with van der Waals surface area (Å²) in [6.07, 6.45) is 6.49. The van der Waals surface area contributed by atoms with Crippen LogP contribution in [0.3, 0.4) is 0 Å². The Morgan fingerprint density at radius 3 is 2.56 bits per heavy atom. The van der Waals surface area contributed by atoms with Gasteiger partial charge in [-0.3, -0.25) is 0 Å². The zero-order valence-corrected chi connectivity index (χ0v) is 15.8. The molecule has 4 N–H and O–H groups in total. The van der Waals surface area contributed by atoms with Gasteiger partial charge in [-0.15, -0.1) is 0 Å². The number of allylic oxidation sites excluding steroid dienone is 1. The first-order valence-electron chi connectivity index (χ1n) is 10.1. The van der Waals surface area contributed by atoms with Gasteiger partial charge in [0.2, 0.25) is 0 Å². The van der Waals surface area contributed by atoms with E-state index in [1.807, 2.05) is 0 Å². The van der Waals surface area contributed by atoms with Gasteiger partial charge in [-0.05, 0) is 68.6 Å². The van der Waals surface area contributed by atoms with Gasteiger partial charge in [0.1, 0.15) is 0 Å². The first kappa shape index (κ1) is 18.0. The van der Waals surface area contributed by atoms with E-state index in [0.717, 1.165) is 38.5 Å². The predicted octanol–water partition coefficient (Wildman–Crippen LogP) is 2.39. The highest BCUT2D eigenvalue weighted by atomic mass is 16.3. The van der Waals surface area contributed by atoms with E-state index in [1.54, 1.807) is 6.92 Å². The molecule has 25 heavy (non-hydrogen) atoms. The Morgan fingerprint density at radius 1 is 1.16 bits per heavy atom. The van der Waals surface area contributed by atoms with Crippen molar-refractivity contribution in [2.45, 2.75) is 89.6 Å². The molecule has 0 spiro atoms. The molecule has 4 nitrogen and oxygen atoms in total. The minimum absolute atomic E-state index is 0.0346. The monoisotopic (exact) mass is 350 g/mol. The number of fused-ring (bicyclic) bond motifs is 5. The van der Waals surface area contributed by atoms with Crippen LogP contribution in [-0.2, 0) is 0 Å². The van der Waals surface area contributed by atoms with Gasteiger partial charge in [-0.25, -0.2) is 0 Å². The molecule has 3 saturated carbocycles. The van der Waals surface area contributed by atoms with Gasteiger partial charge < -0.3 is 20.4 Å². The van der Waals surface area contributed by atoms with E-state index < -0.39 is 23.2 Å². The molecule has 0 heterocycles. The predicted molar refractivity (Wildman–Crippen MR) is 95.7 cm³/mol. The van der Waals surface area contributed by atoms with Gasteiger partial charge in [0.25, 0.3) is 0 Å². The summed E-state index contributed by atoms with van der Waals surface area (Å²) in [5.74, 6) is 0.891. The third-order valence-electron chi connectivity index (χ3n) is 8.94. The molecule has 4 aliphatic carbocycles. The molecule has 4 heteroatoms. The Morgan fingerprint density at radius 2 is 1.88 bits per heavy atom. The van der Waals surface area contributed by atoms with Crippen LogP contribution in [0.2, 0.25) is 0 Å². The fourth-order valence-corrected chi connectivity index (χ4v) is 7.44. The summed E-state index contributed by atoms with van der Waals surface area (Å²) in [5.41, 5.74) is -0.100. The van der Waals surface area contributed by atoms with Gasteiger partial charge in [-0.1, -0.05) is 25.5 Å². The molecule has 4 aliphatic rings. The van der Waals surface area contributed by atoms with E-state index in [9.17, 15) is 20.4 Å². The lowest BCUT2D eigenvalue weighted by Crippen LogP contribution is -2.58. The molecule has 0 radical (unpaired) electrons. The van der Waals surface area contributed by atoms with Crippen LogP contribution in [0, 0.1) is 28.6 Å². The van der Waals surface area contributed by atoms with Crippen LogP contribution in [0.15, 0.2) is 11.6 Å². The van der Waals surface area contributed by atoms with Gasteiger partial charge in [-0.2, -0.15) is 0 Å². The lowest BCUT2D eigenvalue weighted by atomic mass is 9.46. The summed E-state index contributed by atoms with van der Waals surface area (Å²) in [7, 11) is 0. The van der Waals surface area contributed by atoms with Crippen LogP contribution in [0.5, 0.6) is 0 Å². The average molecular weight is 350 g/mol. The number of hydrogen-bond donors (Lipinski definition) is 4. The standard InChI is InChI=1S/C21H34O4/c1-12(22)21(25)11-17(24)18-15-5-4-13-10-14(23)6-8-19(13,2)16(15)7-9-20(18,21)3/h4,12,14-18,22-25H,5-11H2,1-3H3/t12?,14?,15-,16+,17?,18-,19+,20+,21+/m1/s1. The van der Waals surface area contributed by atoms with Crippen molar-refractivity contribution < 1.29 is 20.4 Å². The molecule has 4 rings (SSSR count). The smallest absolute Gasteiger partial charge is 0.0984 e. The average Bonchev–Trinajstić information content (AvgIpc) is 2.75. The quantitative estimate of drug-likeness (QED) is 0.548. The number of hydrogen-bond acceptors (Lipinski definition) is 4. The van der Waals surface area contributed by atoms with E-state index in [4.69, 9.17) is 0 Å². The van der Waals surface area contributed by atoms with E-state index in [-0.39, 0.29) is 23.9 Å². The van der Waals surface area contributed by atoms with Gasteiger partial charge in [0.05, 0.1) is 23.9 Å². The minimum Gasteiger partial charge on any atom is -0.393 e. The van der Waals surface area contributed by atoms with E-state index in [0.29, 0.717) is 11.8 Å². The molecule has 0 bridgehead atoms. The third-order valence-corrected chi connectivity index (χ3v) is 8.94. The normalized spacial score (nSPS) is 56.4. The Labute approximate surface area is 151 Å². The van der Waals surface area contributed by atoms with Crippen LogP contribution in [0.25, 0.3) is 0 Å². The zero-order valence-electron chi connectivity index (χ0n) is 15.8. The molecular formula is C21H34O4. The lowest BCUT2D eigenvalue weighted by Gasteiger charge is -2.59. The first-order chi connectivity index (χ1) is 11.6. The Bertz CT molecular complexity index is 586. The summed E-state index contributed by atoms with van der Waals surface area (Å²) in [6.45, 7) is 6.10. The molecule has 0 aromatic rings. The second-order valence-corrected chi connectivity index (χ2v) is 9.90. The number of aliphatic hydroxyl groups excluding tert-OH is 3. The van der Waals surface area contributed by atoms with Crippen molar-refractivity contribution in [2.75, 3.05) is 0 Å². The van der Waals surface area contributed by atoms with Gasteiger partial charge >= 0.3 is 0 Å².